The zero-order valence-electron chi connectivity index (χ0n) is 12.3. The van der Waals surface area contributed by atoms with Crippen LogP contribution in [0.4, 0.5) is 13.2 Å². The lowest BCUT2D eigenvalue weighted by molar-refractivity contribution is -0.139. The first-order chi connectivity index (χ1) is 10.4. The fourth-order valence-electron chi connectivity index (χ4n) is 2.54. The molecule has 1 aliphatic heterocycles. The SMILES string of the molecule is CCOC[C@@H](Oc1cccc(Cl)c1C(F)(F)F)C1CCNC1. The summed E-state index contributed by atoms with van der Waals surface area (Å²) in [7, 11) is 0. The second-order valence-corrected chi connectivity index (χ2v) is 5.59. The number of ether oxygens (including phenoxy) is 2. The second-order valence-electron chi connectivity index (χ2n) is 5.18. The molecule has 0 amide bonds. The van der Waals surface area contributed by atoms with Crippen LogP contribution < -0.4 is 10.1 Å². The molecule has 124 valence electrons. The van der Waals surface area contributed by atoms with E-state index in [9.17, 15) is 13.2 Å². The van der Waals surface area contributed by atoms with Crippen LogP contribution in [0.25, 0.3) is 0 Å². The van der Waals surface area contributed by atoms with E-state index in [1.165, 1.54) is 18.2 Å². The number of hydrogen-bond acceptors (Lipinski definition) is 3. The van der Waals surface area contributed by atoms with Crippen LogP contribution in [0.1, 0.15) is 18.9 Å². The molecule has 3 nitrogen and oxygen atoms in total. The Morgan fingerprint density at radius 2 is 2.18 bits per heavy atom. The smallest absolute Gasteiger partial charge is 0.421 e. The molecule has 0 aromatic heterocycles. The second kappa shape index (κ2) is 7.53. The van der Waals surface area contributed by atoms with Crippen molar-refractivity contribution in [1.82, 2.24) is 5.32 Å². The van der Waals surface area contributed by atoms with Gasteiger partial charge in [-0.1, -0.05) is 17.7 Å². The van der Waals surface area contributed by atoms with Gasteiger partial charge in [0.2, 0.25) is 0 Å². The summed E-state index contributed by atoms with van der Waals surface area (Å²) in [6, 6.07) is 3.97. The van der Waals surface area contributed by atoms with Crippen LogP contribution in [0.5, 0.6) is 5.75 Å². The van der Waals surface area contributed by atoms with Gasteiger partial charge in [0.1, 0.15) is 17.4 Å². The van der Waals surface area contributed by atoms with Crippen molar-refractivity contribution < 1.29 is 22.6 Å². The standard InChI is InChI=1S/C15H19ClF3NO2/c1-2-21-9-13(10-6-7-20-8-10)22-12-5-3-4-11(16)14(12)15(17,18)19/h3-5,10,13,20H,2,6-9H2,1H3/t10?,13-/m1/s1. The molecule has 1 aromatic carbocycles. The van der Waals surface area contributed by atoms with Gasteiger partial charge in [0, 0.05) is 19.1 Å². The van der Waals surface area contributed by atoms with E-state index in [1.807, 2.05) is 6.92 Å². The van der Waals surface area contributed by atoms with Gasteiger partial charge in [0.15, 0.2) is 0 Å². The molecule has 1 fully saturated rings. The topological polar surface area (TPSA) is 30.5 Å². The molecule has 2 atom stereocenters. The molecule has 1 aromatic rings. The predicted molar refractivity (Wildman–Crippen MR) is 78.3 cm³/mol. The third-order valence-corrected chi connectivity index (χ3v) is 3.96. The van der Waals surface area contributed by atoms with E-state index >= 15 is 0 Å². The molecular formula is C15H19ClF3NO2. The summed E-state index contributed by atoms with van der Waals surface area (Å²) in [5, 5.41) is 2.83. The Bertz CT molecular complexity index is 490. The lowest BCUT2D eigenvalue weighted by Gasteiger charge is -2.26. The highest BCUT2D eigenvalue weighted by Crippen LogP contribution is 2.41. The monoisotopic (exact) mass is 337 g/mol. The minimum absolute atomic E-state index is 0.117. The van der Waals surface area contributed by atoms with Gasteiger partial charge in [-0.15, -0.1) is 0 Å². The van der Waals surface area contributed by atoms with Crippen LogP contribution in [0.2, 0.25) is 5.02 Å². The number of nitrogens with one attached hydrogen (secondary N) is 1. The van der Waals surface area contributed by atoms with Gasteiger partial charge in [-0.2, -0.15) is 13.2 Å². The van der Waals surface area contributed by atoms with E-state index in [4.69, 9.17) is 21.1 Å². The predicted octanol–water partition coefficient (Wildman–Crippen LogP) is 3.75. The molecule has 22 heavy (non-hydrogen) atoms. The normalized spacial score (nSPS) is 20.1. The van der Waals surface area contributed by atoms with E-state index < -0.39 is 17.8 Å². The zero-order chi connectivity index (χ0) is 16.2. The van der Waals surface area contributed by atoms with Crippen molar-refractivity contribution in [1.29, 1.82) is 0 Å². The van der Waals surface area contributed by atoms with Crippen molar-refractivity contribution in [2.24, 2.45) is 5.92 Å². The molecule has 1 saturated heterocycles. The van der Waals surface area contributed by atoms with Crippen molar-refractivity contribution in [2.45, 2.75) is 25.6 Å². The Morgan fingerprint density at radius 3 is 2.77 bits per heavy atom. The molecule has 1 heterocycles. The number of rotatable bonds is 6. The van der Waals surface area contributed by atoms with E-state index in [2.05, 4.69) is 5.32 Å². The van der Waals surface area contributed by atoms with Crippen molar-refractivity contribution >= 4 is 11.6 Å². The average Bonchev–Trinajstić information content (AvgIpc) is 2.96. The van der Waals surface area contributed by atoms with Gasteiger partial charge in [-0.05, 0) is 32.0 Å². The molecule has 7 heteroatoms. The highest BCUT2D eigenvalue weighted by atomic mass is 35.5. The van der Waals surface area contributed by atoms with Gasteiger partial charge in [-0.3, -0.25) is 0 Å². The van der Waals surface area contributed by atoms with Gasteiger partial charge < -0.3 is 14.8 Å². The quantitative estimate of drug-likeness (QED) is 0.857. The summed E-state index contributed by atoms with van der Waals surface area (Å²) in [5.74, 6) is -0.122. The highest BCUT2D eigenvalue weighted by Gasteiger charge is 2.38. The van der Waals surface area contributed by atoms with Gasteiger partial charge >= 0.3 is 6.18 Å². The van der Waals surface area contributed by atoms with Crippen LogP contribution in [0.3, 0.4) is 0 Å². The van der Waals surface area contributed by atoms with Gasteiger partial charge in [0.25, 0.3) is 0 Å². The Hall–Kier alpha value is -0.980. The average molecular weight is 338 g/mol. The fraction of sp³-hybridized carbons (Fsp3) is 0.600. The molecule has 1 N–H and O–H groups in total. The minimum atomic E-state index is -4.56. The summed E-state index contributed by atoms with van der Waals surface area (Å²) in [5.41, 5.74) is -0.927. The minimum Gasteiger partial charge on any atom is -0.487 e. The fourth-order valence-corrected chi connectivity index (χ4v) is 2.81. The lowest BCUT2D eigenvalue weighted by atomic mass is 10.0. The van der Waals surface area contributed by atoms with Crippen molar-refractivity contribution in [3.8, 4) is 5.75 Å². The van der Waals surface area contributed by atoms with E-state index in [1.54, 1.807) is 0 Å². The van der Waals surface area contributed by atoms with Crippen LogP contribution in [-0.2, 0) is 10.9 Å². The molecule has 0 saturated carbocycles. The summed E-state index contributed by atoms with van der Waals surface area (Å²) < 4.78 is 50.6. The maximum atomic E-state index is 13.2. The van der Waals surface area contributed by atoms with E-state index in [-0.39, 0.29) is 23.3 Å². The summed E-state index contributed by atoms with van der Waals surface area (Å²) in [6.45, 7) is 4.12. The number of alkyl halides is 3. The molecule has 2 rings (SSSR count). The van der Waals surface area contributed by atoms with Crippen LogP contribution in [0.15, 0.2) is 18.2 Å². The lowest BCUT2D eigenvalue weighted by Crippen LogP contribution is -2.34. The zero-order valence-corrected chi connectivity index (χ0v) is 13.0. The maximum Gasteiger partial charge on any atom is 0.421 e. The van der Waals surface area contributed by atoms with Crippen molar-refractivity contribution in [2.75, 3.05) is 26.3 Å². The maximum absolute atomic E-state index is 13.2. The van der Waals surface area contributed by atoms with Gasteiger partial charge in [0.05, 0.1) is 11.6 Å². The first kappa shape index (κ1) is 17.4. The summed E-state index contributed by atoms with van der Waals surface area (Å²) in [4.78, 5) is 0. The molecule has 0 spiro atoms. The molecule has 0 bridgehead atoms. The van der Waals surface area contributed by atoms with Gasteiger partial charge in [-0.25, -0.2) is 0 Å². The van der Waals surface area contributed by atoms with E-state index in [0.29, 0.717) is 13.2 Å². The molecular weight excluding hydrogens is 319 g/mol. The van der Waals surface area contributed by atoms with Crippen LogP contribution in [0, 0.1) is 5.92 Å². The third-order valence-electron chi connectivity index (χ3n) is 3.65. The molecule has 1 aliphatic rings. The number of halogens is 4. The Kier molecular flexibility index (Phi) is 5.94. The Balaban J connectivity index is 2.23. The Morgan fingerprint density at radius 1 is 1.41 bits per heavy atom. The Labute approximate surface area is 132 Å². The summed E-state index contributed by atoms with van der Waals surface area (Å²) in [6.07, 6.45) is -4.15. The van der Waals surface area contributed by atoms with Crippen LogP contribution in [-0.4, -0.2) is 32.4 Å². The largest absolute Gasteiger partial charge is 0.487 e. The molecule has 1 unspecified atom stereocenters. The van der Waals surface area contributed by atoms with E-state index in [0.717, 1.165) is 13.0 Å². The highest BCUT2D eigenvalue weighted by molar-refractivity contribution is 6.31. The first-order valence-corrected chi connectivity index (χ1v) is 7.62. The van der Waals surface area contributed by atoms with Crippen molar-refractivity contribution in [3.63, 3.8) is 0 Å². The number of hydrogen-bond donors (Lipinski definition) is 1. The van der Waals surface area contributed by atoms with Crippen LogP contribution >= 0.6 is 11.6 Å². The van der Waals surface area contributed by atoms with Crippen molar-refractivity contribution in [3.05, 3.63) is 28.8 Å². The molecule has 0 aliphatic carbocycles. The molecule has 0 radical (unpaired) electrons. The summed E-state index contributed by atoms with van der Waals surface area (Å²) >= 11 is 5.72. The first-order valence-electron chi connectivity index (χ1n) is 7.24. The number of benzene rings is 1. The third kappa shape index (κ3) is 4.27.